The molecular weight excluding hydrogens is 126 g/mol. The predicted molar refractivity (Wildman–Crippen MR) is 41.9 cm³/mol. The van der Waals surface area contributed by atoms with Gasteiger partial charge in [-0.15, -0.1) is 0 Å². The van der Waals surface area contributed by atoms with E-state index < -0.39 is 0 Å². The fourth-order valence-electron chi connectivity index (χ4n) is 1.21. The summed E-state index contributed by atoms with van der Waals surface area (Å²) in [5, 5.41) is 3.30. The number of hydrogen-bond acceptors (Lipinski definition) is 2. The molecule has 0 amide bonds. The lowest BCUT2D eigenvalue weighted by Crippen LogP contribution is -2.27. The molecule has 0 aromatic heterocycles. The van der Waals surface area contributed by atoms with Crippen molar-refractivity contribution in [2.24, 2.45) is 0 Å². The highest BCUT2D eigenvalue weighted by Gasteiger charge is 2.02. The molecule has 0 spiro atoms. The van der Waals surface area contributed by atoms with Crippen LogP contribution in [0.4, 0.5) is 0 Å². The number of rotatable bonds is 0. The van der Waals surface area contributed by atoms with E-state index >= 15 is 0 Å². The summed E-state index contributed by atoms with van der Waals surface area (Å²) in [4.78, 5) is 0. The summed E-state index contributed by atoms with van der Waals surface area (Å²) < 4.78 is 5.31. The summed E-state index contributed by atoms with van der Waals surface area (Å²) in [6.07, 6.45) is 5.20. The highest BCUT2D eigenvalue weighted by atomic mass is 16.5. The second-order valence-electron chi connectivity index (χ2n) is 3.01. The minimum Gasteiger partial charge on any atom is -0.366 e. The monoisotopic (exact) mass is 143 g/mol. The summed E-state index contributed by atoms with van der Waals surface area (Å²) in [7, 11) is 0. The Hall–Kier alpha value is -0.0800. The molecule has 1 saturated heterocycles. The second kappa shape index (κ2) is 4.69. The first-order valence-electron chi connectivity index (χ1n) is 4.21. The van der Waals surface area contributed by atoms with E-state index in [1.807, 2.05) is 0 Å². The minimum atomic E-state index is 0.637. The van der Waals surface area contributed by atoms with Gasteiger partial charge in [-0.25, -0.2) is 0 Å². The van der Waals surface area contributed by atoms with Gasteiger partial charge in [0.05, 0.1) is 6.73 Å². The molecular formula is C8H17NO. The molecule has 1 unspecified atom stereocenters. The third kappa shape index (κ3) is 3.18. The third-order valence-electron chi connectivity index (χ3n) is 1.96. The maximum absolute atomic E-state index is 5.31. The van der Waals surface area contributed by atoms with E-state index in [4.69, 9.17) is 4.74 Å². The molecule has 1 aliphatic rings. The van der Waals surface area contributed by atoms with Gasteiger partial charge in [-0.05, 0) is 19.8 Å². The Bertz CT molecular complexity index is 75.3. The Labute approximate surface area is 63.0 Å². The molecule has 0 aromatic carbocycles. The predicted octanol–water partition coefficient (Wildman–Crippen LogP) is 1.51. The van der Waals surface area contributed by atoms with E-state index in [-0.39, 0.29) is 0 Å². The average Bonchev–Trinajstić information content (AvgIpc) is 2.02. The molecule has 0 aromatic rings. The lowest BCUT2D eigenvalue weighted by atomic mass is 10.1. The van der Waals surface area contributed by atoms with Gasteiger partial charge in [-0.3, -0.25) is 5.32 Å². The Kier molecular flexibility index (Phi) is 3.76. The Balaban J connectivity index is 2.15. The van der Waals surface area contributed by atoms with Crippen LogP contribution in [0, 0.1) is 0 Å². The first-order chi connectivity index (χ1) is 4.89. The van der Waals surface area contributed by atoms with E-state index in [0.29, 0.717) is 6.04 Å². The van der Waals surface area contributed by atoms with Crippen LogP contribution in [0.3, 0.4) is 0 Å². The van der Waals surface area contributed by atoms with E-state index in [0.717, 1.165) is 13.3 Å². The van der Waals surface area contributed by atoms with Crippen molar-refractivity contribution in [2.75, 3.05) is 13.3 Å². The summed E-state index contributed by atoms with van der Waals surface area (Å²) in [5.41, 5.74) is 0. The molecule has 60 valence electrons. The quantitative estimate of drug-likeness (QED) is 0.555. The first-order valence-corrected chi connectivity index (χ1v) is 4.21. The van der Waals surface area contributed by atoms with E-state index in [2.05, 4.69) is 12.2 Å². The Morgan fingerprint density at radius 3 is 3.10 bits per heavy atom. The standard InChI is InChI=1S/C8H17NO/c1-8-5-3-2-4-6-10-7-9-8/h8-9H,2-7H2,1H3. The van der Waals surface area contributed by atoms with Crippen LogP contribution in [0.25, 0.3) is 0 Å². The molecule has 2 nitrogen and oxygen atoms in total. The molecule has 1 atom stereocenters. The van der Waals surface area contributed by atoms with Crippen LogP contribution >= 0.6 is 0 Å². The van der Waals surface area contributed by atoms with Gasteiger partial charge < -0.3 is 4.74 Å². The van der Waals surface area contributed by atoms with Crippen molar-refractivity contribution >= 4 is 0 Å². The zero-order valence-corrected chi connectivity index (χ0v) is 6.73. The normalized spacial score (nSPS) is 30.3. The molecule has 2 heteroatoms. The van der Waals surface area contributed by atoms with Crippen molar-refractivity contribution in [1.29, 1.82) is 0 Å². The van der Waals surface area contributed by atoms with Crippen molar-refractivity contribution in [1.82, 2.24) is 5.32 Å². The first kappa shape index (κ1) is 8.02. The largest absolute Gasteiger partial charge is 0.366 e. The highest BCUT2D eigenvalue weighted by molar-refractivity contribution is 4.59. The lowest BCUT2D eigenvalue weighted by molar-refractivity contribution is 0.111. The average molecular weight is 143 g/mol. The van der Waals surface area contributed by atoms with Gasteiger partial charge in [0.1, 0.15) is 0 Å². The molecule has 1 rings (SSSR count). The maximum atomic E-state index is 5.31. The van der Waals surface area contributed by atoms with Crippen LogP contribution < -0.4 is 5.32 Å². The van der Waals surface area contributed by atoms with Gasteiger partial charge in [0.25, 0.3) is 0 Å². The van der Waals surface area contributed by atoms with E-state index in [1.54, 1.807) is 0 Å². The van der Waals surface area contributed by atoms with Crippen LogP contribution in [0.1, 0.15) is 32.6 Å². The Morgan fingerprint density at radius 2 is 2.20 bits per heavy atom. The Morgan fingerprint density at radius 1 is 1.30 bits per heavy atom. The highest BCUT2D eigenvalue weighted by Crippen LogP contribution is 2.05. The van der Waals surface area contributed by atoms with E-state index in [1.165, 1.54) is 25.7 Å². The molecule has 0 radical (unpaired) electrons. The van der Waals surface area contributed by atoms with Crippen LogP contribution in [-0.4, -0.2) is 19.4 Å². The fourth-order valence-corrected chi connectivity index (χ4v) is 1.21. The van der Waals surface area contributed by atoms with Gasteiger partial charge in [0.2, 0.25) is 0 Å². The lowest BCUT2D eigenvalue weighted by Gasteiger charge is -2.10. The molecule has 0 bridgehead atoms. The number of ether oxygens (including phenoxy) is 1. The number of hydrogen-bond donors (Lipinski definition) is 1. The van der Waals surface area contributed by atoms with Crippen molar-refractivity contribution in [3.8, 4) is 0 Å². The molecule has 1 N–H and O–H groups in total. The van der Waals surface area contributed by atoms with Crippen LogP contribution in [0.15, 0.2) is 0 Å². The van der Waals surface area contributed by atoms with Crippen molar-refractivity contribution in [3.05, 3.63) is 0 Å². The van der Waals surface area contributed by atoms with Gasteiger partial charge in [0.15, 0.2) is 0 Å². The smallest absolute Gasteiger partial charge is 0.0967 e. The fraction of sp³-hybridized carbons (Fsp3) is 1.00. The molecule has 1 fully saturated rings. The van der Waals surface area contributed by atoms with Crippen LogP contribution in [0.2, 0.25) is 0 Å². The van der Waals surface area contributed by atoms with E-state index in [9.17, 15) is 0 Å². The summed E-state index contributed by atoms with van der Waals surface area (Å²) in [5.74, 6) is 0. The molecule has 1 aliphatic heterocycles. The topological polar surface area (TPSA) is 21.3 Å². The molecule has 0 aliphatic carbocycles. The van der Waals surface area contributed by atoms with Gasteiger partial charge in [-0.1, -0.05) is 12.8 Å². The molecule has 10 heavy (non-hydrogen) atoms. The zero-order valence-electron chi connectivity index (χ0n) is 6.73. The van der Waals surface area contributed by atoms with Gasteiger partial charge in [-0.2, -0.15) is 0 Å². The molecule has 0 saturated carbocycles. The van der Waals surface area contributed by atoms with Crippen molar-refractivity contribution in [2.45, 2.75) is 38.6 Å². The summed E-state index contributed by atoms with van der Waals surface area (Å²) in [6.45, 7) is 3.88. The summed E-state index contributed by atoms with van der Waals surface area (Å²) in [6, 6.07) is 0.637. The van der Waals surface area contributed by atoms with Gasteiger partial charge >= 0.3 is 0 Å². The third-order valence-corrected chi connectivity index (χ3v) is 1.96. The maximum Gasteiger partial charge on any atom is 0.0967 e. The van der Waals surface area contributed by atoms with Gasteiger partial charge in [0, 0.05) is 12.6 Å². The zero-order chi connectivity index (χ0) is 7.23. The van der Waals surface area contributed by atoms with Crippen LogP contribution in [-0.2, 0) is 4.74 Å². The minimum absolute atomic E-state index is 0.637. The van der Waals surface area contributed by atoms with Crippen molar-refractivity contribution < 1.29 is 4.74 Å². The summed E-state index contributed by atoms with van der Waals surface area (Å²) >= 11 is 0. The number of nitrogens with one attached hydrogen (secondary N) is 1. The molecule has 1 heterocycles. The second-order valence-corrected chi connectivity index (χ2v) is 3.01. The SMILES string of the molecule is CC1CCCCCOCN1. The van der Waals surface area contributed by atoms with Crippen molar-refractivity contribution in [3.63, 3.8) is 0 Å². The van der Waals surface area contributed by atoms with Crippen LogP contribution in [0.5, 0.6) is 0 Å².